The van der Waals surface area contributed by atoms with E-state index >= 15 is 0 Å². The van der Waals surface area contributed by atoms with Crippen molar-refractivity contribution >= 4 is 11.6 Å². The van der Waals surface area contributed by atoms with Gasteiger partial charge in [0.1, 0.15) is 11.9 Å². The van der Waals surface area contributed by atoms with Crippen molar-refractivity contribution in [2.75, 3.05) is 0 Å². The zero-order valence-corrected chi connectivity index (χ0v) is 8.00. The van der Waals surface area contributed by atoms with Crippen LogP contribution in [0.1, 0.15) is 12.8 Å². The number of halogens is 1. The maximum atomic E-state index is 5.74. The molecule has 70 valence electrons. The number of ether oxygens (including phenoxy) is 1. The van der Waals surface area contributed by atoms with Gasteiger partial charge in [0.15, 0.2) is 0 Å². The van der Waals surface area contributed by atoms with Gasteiger partial charge >= 0.3 is 0 Å². The number of nitrogens with two attached hydrogens (primary N) is 1. The highest BCUT2D eigenvalue weighted by molar-refractivity contribution is 6.30. The van der Waals surface area contributed by atoms with Crippen LogP contribution in [-0.4, -0.2) is 12.1 Å². The van der Waals surface area contributed by atoms with Crippen LogP contribution in [0.3, 0.4) is 0 Å². The summed E-state index contributed by atoms with van der Waals surface area (Å²) in [6, 6.07) is 7.75. The second-order valence-electron chi connectivity index (χ2n) is 3.43. The van der Waals surface area contributed by atoms with Crippen molar-refractivity contribution in [2.24, 2.45) is 5.73 Å². The number of benzene rings is 1. The lowest BCUT2D eigenvalue weighted by Gasteiger charge is -2.32. The predicted molar refractivity (Wildman–Crippen MR) is 53.1 cm³/mol. The van der Waals surface area contributed by atoms with E-state index in [1.165, 1.54) is 0 Å². The Hall–Kier alpha value is -0.730. The third-order valence-corrected chi connectivity index (χ3v) is 2.50. The third kappa shape index (κ3) is 2.14. The first-order chi connectivity index (χ1) is 6.24. The molecule has 0 bridgehead atoms. The summed E-state index contributed by atoms with van der Waals surface area (Å²) in [5.74, 6) is 0.876. The maximum Gasteiger partial charge on any atom is 0.119 e. The smallest absolute Gasteiger partial charge is 0.119 e. The summed E-state index contributed by atoms with van der Waals surface area (Å²) < 4.78 is 5.64. The first-order valence-electron chi connectivity index (χ1n) is 4.42. The summed E-state index contributed by atoms with van der Waals surface area (Å²) in [5, 5.41) is 0.734. The fraction of sp³-hybridized carbons (Fsp3) is 0.400. The Labute approximate surface area is 82.6 Å². The lowest BCUT2D eigenvalue weighted by Crippen LogP contribution is -2.43. The number of hydrogen-bond acceptors (Lipinski definition) is 2. The van der Waals surface area contributed by atoms with Crippen molar-refractivity contribution < 1.29 is 4.74 Å². The van der Waals surface area contributed by atoms with Crippen LogP contribution in [0.4, 0.5) is 0 Å². The molecule has 0 saturated heterocycles. The van der Waals surface area contributed by atoms with Crippen molar-refractivity contribution in [2.45, 2.75) is 25.0 Å². The minimum atomic E-state index is 0.302. The van der Waals surface area contributed by atoms with Crippen LogP contribution in [-0.2, 0) is 0 Å². The topological polar surface area (TPSA) is 35.2 Å². The molecule has 0 spiro atoms. The van der Waals surface area contributed by atoms with Gasteiger partial charge < -0.3 is 10.5 Å². The Morgan fingerprint density at radius 3 is 2.38 bits per heavy atom. The minimum absolute atomic E-state index is 0.302. The summed E-state index contributed by atoms with van der Waals surface area (Å²) >= 11 is 5.74. The van der Waals surface area contributed by atoms with Crippen molar-refractivity contribution in [3.63, 3.8) is 0 Å². The van der Waals surface area contributed by atoms with Gasteiger partial charge in [0.05, 0.1) is 0 Å². The van der Waals surface area contributed by atoms with Gasteiger partial charge in [-0.1, -0.05) is 11.6 Å². The molecule has 1 aromatic carbocycles. The van der Waals surface area contributed by atoms with E-state index in [4.69, 9.17) is 22.1 Å². The van der Waals surface area contributed by atoms with E-state index in [9.17, 15) is 0 Å². The van der Waals surface area contributed by atoms with Crippen LogP contribution in [0.5, 0.6) is 5.75 Å². The van der Waals surface area contributed by atoms with Gasteiger partial charge in [-0.15, -0.1) is 0 Å². The lowest BCUT2D eigenvalue weighted by atomic mass is 9.90. The summed E-state index contributed by atoms with van der Waals surface area (Å²) in [5.41, 5.74) is 5.65. The molecule has 0 unspecified atom stereocenters. The van der Waals surface area contributed by atoms with E-state index in [1.54, 1.807) is 0 Å². The standard InChI is InChI=1S/C10H12ClNO/c11-7-1-3-9(4-2-7)13-10-5-8(12)6-10/h1-4,8,10H,5-6,12H2/t8-,10+. The molecular formula is C10H12ClNO. The van der Waals surface area contributed by atoms with Crippen molar-refractivity contribution in [1.82, 2.24) is 0 Å². The Morgan fingerprint density at radius 1 is 1.23 bits per heavy atom. The first kappa shape index (κ1) is 8.85. The van der Waals surface area contributed by atoms with Gasteiger partial charge in [0.25, 0.3) is 0 Å². The summed E-state index contributed by atoms with van der Waals surface area (Å²) in [7, 11) is 0. The molecule has 0 amide bonds. The second-order valence-corrected chi connectivity index (χ2v) is 3.86. The van der Waals surface area contributed by atoms with Gasteiger partial charge in [-0.3, -0.25) is 0 Å². The summed E-state index contributed by atoms with van der Waals surface area (Å²) in [6.45, 7) is 0. The molecule has 2 N–H and O–H groups in total. The average molecular weight is 198 g/mol. The molecular weight excluding hydrogens is 186 g/mol. The predicted octanol–water partition coefficient (Wildman–Crippen LogP) is 2.21. The van der Waals surface area contributed by atoms with Gasteiger partial charge in [-0.05, 0) is 37.1 Å². The zero-order valence-electron chi connectivity index (χ0n) is 7.24. The van der Waals surface area contributed by atoms with Crippen LogP contribution >= 0.6 is 11.6 Å². The van der Waals surface area contributed by atoms with Crippen LogP contribution in [0.15, 0.2) is 24.3 Å². The molecule has 0 radical (unpaired) electrons. The van der Waals surface area contributed by atoms with E-state index in [2.05, 4.69) is 0 Å². The Morgan fingerprint density at radius 2 is 1.85 bits per heavy atom. The molecule has 1 aromatic rings. The van der Waals surface area contributed by atoms with Crippen LogP contribution in [0.25, 0.3) is 0 Å². The SMILES string of the molecule is N[C@H]1C[C@@H](Oc2ccc(Cl)cc2)C1. The van der Waals surface area contributed by atoms with E-state index in [-0.39, 0.29) is 0 Å². The van der Waals surface area contributed by atoms with Gasteiger partial charge in [-0.2, -0.15) is 0 Å². The minimum Gasteiger partial charge on any atom is -0.490 e. The molecule has 1 aliphatic rings. The Balaban J connectivity index is 1.91. The van der Waals surface area contributed by atoms with E-state index < -0.39 is 0 Å². The van der Waals surface area contributed by atoms with Crippen LogP contribution in [0, 0.1) is 0 Å². The Kier molecular flexibility index (Phi) is 2.42. The van der Waals surface area contributed by atoms with Gasteiger partial charge in [0, 0.05) is 11.1 Å². The lowest BCUT2D eigenvalue weighted by molar-refractivity contribution is 0.101. The molecule has 1 saturated carbocycles. The molecule has 0 aromatic heterocycles. The van der Waals surface area contributed by atoms with Crippen molar-refractivity contribution in [3.8, 4) is 5.75 Å². The molecule has 0 aliphatic heterocycles. The largest absolute Gasteiger partial charge is 0.490 e. The fourth-order valence-electron chi connectivity index (χ4n) is 1.41. The van der Waals surface area contributed by atoms with Gasteiger partial charge in [0.2, 0.25) is 0 Å². The number of hydrogen-bond donors (Lipinski definition) is 1. The van der Waals surface area contributed by atoms with Crippen molar-refractivity contribution in [1.29, 1.82) is 0 Å². The van der Waals surface area contributed by atoms with E-state index in [0.29, 0.717) is 12.1 Å². The van der Waals surface area contributed by atoms with E-state index in [1.807, 2.05) is 24.3 Å². The number of rotatable bonds is 2. The molecule has 1 aliphatic carbocycles. The summed E-state index contributed by atoms with van der Waals surface area (Å²) in [4.78, 5) is 0. The van der Waals surface area contributed by atoms with E-state index in [0.717, 1.165) is 23.6 Å². The van der Waals surface area contributed by atoms with Crippen molar-refractivity contribution in [3.05, 3.63) is 29.3 Å². The highest BCUT2D eigenvalue weighted by Crippen LogP contribution is 2.25. The molecule has 2 nitrogen and oxygen atoms in total. The Bertz CT molecular complexity index is 279. The molecule has 13 heavy (non-hydrogen) atoms. The quantitative estimate of drug-likeness (QED) is 0.789. The molecule has 1 fully saturated rings. The molecule has 2 rings (SSSR count). The second kappa shape index (κ2) is 3.56. The third-order valence-electron chi connectivity index (χ3n) is 2.25. The monoisotopic (exact) mass is 197 g/mol. The first-order valence-corrected chi connectivity index (χ1v) is 4.79. The maximum absolute atomic E-state index is 5.74. The van der Waals surface area contributed by atoms with Crippen LogP contribution in [0.2, 0.25) is 5.02 Å². The van der Waals surface area contributed by atoms with Crippen LogP contribution < -0.4 is 10.5 Å². The fourth-order valence-corrected chi connectivity index (χ4v) is 1.53. The average Bonchev–Trinajstić information content (AvgIpc) is 2.06. The highest BCUT2D eigenvalue weighted by atomic mass is 35.5. The summed E-state index contributed by atoms with van der Waals surface area (Å²) in [6.07, 6.45) is 2.22. The highest BCUT2D eigenvalue weighted by Gasteiger charge is 2.27. The zero-order chi connectivity index (χ0) is 9.26. The molecule has 3 heteroatoms. The molecule has 0 heterocycles. The normalized spacial score (nSPS) is 26.6. The molecule has 0 atom stereocenters. The van der Waals surface area contributed by atoms with Gasteiger partial charge in [-0.25, -0.2) is 0 Å².